The van der Waals surface area contributed by atoms with Gasteiger partial charge in [0.15, 0.2) is 5.60 Å². The first-order chi connectivity index (χ1) is 9.71. The van der Waals surface area contributed by atoms with Crippen molar-refractivity contribution in [1.82, 2.24) is 4.98 Å². The Kier molecular flexibility index (Phi) is 3.71. The number of aromatic nitrogens is 1. The van der Waals surface area contributed by atoms with Crippen LogP contribution in [0.1, 0.15) is 11.1 Å². The molecule has 0 amide bonds. The van der Waals surface area contributed by atoms with Crippen LogP contribution in [-0.2, 0) is 5.60 Å². The molecule has 0 aliphatic carbocycles. The van der Waals surface area contributed by atoms with E-state index >= 15 is 0 Å². The normalized spacial score (nSPS) is 15.5. The second kappa shape index (κ2) is 5.07. The Morgan fingerprint density at radius 1 is 0.810 bits per heavy atom. The highest BCUT2D eigenvalue weighted by atomic mass is 19.4. The predicted molar refractivity (Wildman–Crippen MR) is 64.7 cm³/mol. The Labute approximate surface area is 116 Å². The zero-order valence-corrected chi connectivity index (χ0v) is 10.5. The van der Waals surface area contributed by atoms with Gasteiger partial charge in [-0.2, -0.15) is 22.0 Å². The number of hydrogen-bond acceptors (Lipinski definition) is 2. The zero-order chi connectivity index (χ0) is 15.7. The summed E-state index contributed by atoms with van der Waals surface area (Å²) in [6, 6.07) is 8.14. The summed E-state index contributed by atoms with van der Waals surface area (Å²) in [5.41, 5.74) is -4.76. The first-order valence-corrected chi connectivity index (χ1v) is 5.84. The van der Waals surface area contributed by atoms with Crippen LogP contribution in [0.25, 0.3) is 0 Å². The van der Waals surface area contributed by atoms with Gasteiger partial charge < -0.3 is 5.11 Å². The van der Waals surface area contributed by atoms with E-state index in [-0.39, 0.29) is 0 Å². The molecule has 2 rings (SSSR count). The molecule has 0 spiro atoms. The van der Waals surface area contributed by atoms with Crippen LogP contribution in [0.5, 0.6) is 0 Å². The summed E-state index contributed by atoms with van der Waals surface area (Å²) in [7, 11) is 0. The van der Waals surface area contributed by atoms with Crippen LogP contribution >= 0.6 is 0 Å². The summed E-state index contributed by atoms with van der Waals surface area (Å²) in [6.07, 6.45) is -3.93. The number of aliphatic hydroxyl groups is 1. The monoisotopic (exact) mass is 303 g/mol. The first-order valence-electron chi connectivity index (χ1n) is 5.84. The lowest BCUT2D eigenvalue weighted by Crippen LogP contribution is -2.55. The third-order valence-electron chi connectivity index (χ3n) is 3.08. The van der Waals surface area contributed by atoms with Crippen molar-refractivity contribution in [3.8, 4) is 0 Å². The number of rotatable bonds is 3. The van der Waals surface area contributed by atoms with Crippen molar-refractivity contribution in [3.05, 3.63) is 66.0 Å². The van der Waals surface area contributed by atoms with Gasteiger partial charge in [-0.3, -0.25) is 4.98 Å². The zero-order valence-electron chi connectivity index (χ0n) is 10.5. The molecule has 2 aromatic rings. The fourth-order valence-corrected chi connectivity index (χ4v) is 1.99. The molecule has 0 saturated heterocycles. The summed E-state index contributed by atoms with van der Waals surface area (Å²) < 4.78 is 66.2. The van der Waals surface area contributed by atoms with E-state index in [9.17, 15) is 27.1 Å². The van der Waals surface area contributed by atoms with Crippen LogP contribution in [0.4, 0.5) is 22.0 Å². The van der Waals surface area contributed by atoms with Crippen LogP contribution in [0.15, 0.2) is 54.9 Å². The Balaban J connectivity index is 2.73. The minimum absolute atomic E-state index is 0.569. The van der Waals surface area contributed by atoms with Gasteiger partial charge in [0.2, 0.25) is 0 Å². The highest BCUT2D eigenvalue weighted by molar-refractivity contribution is 5.38. The molecule has 0 aliphatic rings. The first kappa shape index (κ1) is 15.4. The van der Waals surface area contributed by atoms with Crippen LogP contribution in [-0.4, -0.2) is 22.2 Å². The molecule has 1 atom stereocenters. The van der Waals surface area contributed by atoms with Gasteiger partial charge in [0.1, 0.15) is 0 Å². The maximum absolute atomic E-state index is 13.9. The largest absolute Gasteiger partial charge is 0.457 e. The lowest BCUT2D eigenvalue weighted by molar-refractivity contribution is -0.336. The van der Waals surface area contributed by atoms with E-state index < -0.39 is 28.8 Å². The molecule has 2 nitrogen and oxygen atoms in total. The summed E-state index contributed by atoms with van der Waals surface area (Å²) in [5.74, 6) is -5.38. The topological polar surface area (TPSA) is 33.1 Å². The van der Waals surface area contributed by atoms with E-state index in [0.29, 0.717) is 0 Å². The van der Waals surface area contributed by atoms with Crippen molar-refractivity contribution in [2.45, 2.75) is 17.7 Å². The summed E-state index contributed by atoms with van der Waals surface area (Å²) in [6.45, 7) is 0. The maximum atomic E-state index is 13.9. The minimum atomic E-state index is -5.92. The number of hydrogen-bond donors (Lipinski definition) is 1. The van der Waals surface area contributed by atoms with Gasteiger partial charge in [-0.1, -0.05) is 36.4 Å². The van der Waals surface area contributed by atoms with Crippen molar-refractivity contribution in [1.29, 1.82) is 0 Å². The Bertz CT molecular complexity index is 558. The van der Waals surface area contributed by atoms with Gasteiger partial charge in [0, 0.05) is 18.0 Å². The molecule has 1 heterocycles. The van der Waals surface area contributed by atoms with Gasteiger partial charge in [-0.15, -0.1) is 0 Å². The van der Waals surface area contributed by atoms with E-state index in [4.69, 9.17) is 0 Å². The molecule has 1 N–H and O–H groups in total. The molecule has 112 valence electrons. The number of pyridine rings is 1. The molecule has 0 fully saturated rings. The van der Waals surface area contributed by atoms with Gasteiger partial charge in [-0.25, -0.2) is 0 Å². The van der Waals surface area contributed by atoms with Crippen molar-refractivity contribution in [3.63, 3.8) is 0 Å². The Morgan fingerprint density at radius 3 is 1.86 bits per heavy atom. The number of nitrogens with zero attached hydrogens (tertiary/aromatic N) is 1. The second-order valence-corrected chi connectivity index (χ2v) is 4.39. The van der Waals surface area contributed by atoms with Gasteiger partial charge in [0.25, 0.3) is 0 Å². The van der Waals surface area contributed by atoms with Gasteiger partial charge in [-0.05, 0) is 11.6 Å². The molecular formula is C14H10F5NO. The van der Waals surface area contributed by atoms with Crippen LogP contribution in [0.3, 0.4) is 0 Å². The van der Waals surface area contributed by atoms with Crippen molar-refractivity contribution >= 4 is 0 Å². The van der Waals surface area contributed by atoms with Crippen molar-refractivity contribution in [2.24, 2.45) is 0 Å². The molecule has 1 unspecified atom stereocenters. The number of alkyl halides is 5. The number of benzene rings is 1. The predicted octanol–water partition coefficient (Wildman–Crippen LogP) is 3.52. The van der Waals surface area contributed by atoms with Gasteiger partial charge >= 0.3 is 12.1 Å². The maximum Gasteiger partial charge on any atom is 0.457 e. The molecule has 1 aromatic carbocycles. The summed E-state index contributed by atoms with van der Waals surface area (Å²) in [4.78, 5) is 3.51. The highest BCUT2D eigenvalue weighted by Crippen LogP contribution is 2.51. The Morgan fingerprint density at radius 2 is 1.38 bits per heavy atom. The number of halogens is 5. The van der Waals surface area contributed by atoms with Crippen LogP contribution in [0, 0.1) is 0 Å². The Hall–Kier alpha value is -2.02. The van der Waals surface area contributed by atoms with E-state index in [1.165, 1.54) is 30.5 Å². The van der Waals surface area contributed by atoms with Crippen molar-refractivity contribution < 1.29 is 27.1 Å². The molecule has 0 aliphatic heterocycles. The molecule has 7 heteroatoms. The lowest BCUT2D eigenvalue weighted by atomic mass is 9.81. The third-order valence-corrected chi connectivity index (χ3v) is 3.08. The lowest BCUT2D eigenvalue weighted by Gasteiger charge is -2.37. The quantitative estimate of drug-likeness (QED) is 0.880. The fraction of sp³-hybridized carbons (Fsp3) is 0.214. The van der Waals surface area contributed by atoms with E-state index in [0.717, 1.165) is 24.4 Å². The average Bonchev–Trinajstić information content (AvgIpc) is 2.47. The standard InChI is InChI=1S/C14H10F5NO/c15-13(16,14(17,18)19)12(21,10-5-2-1-3-6-10)11-7-4-8-20-9-11/h1-9,21H. The van der Waals surface area contributed by atoms with Crippen molar-refractivity contribution in [2.75, 3.05) is 0 Å². The molecule has 0 radical (unpaired) electrons. The molecular weight excluding hydrogens is 293 g/mol. The fourth-order valence-electron chi connectivity index (χ4n) is 1.99. The van der Waals surface area contributed by atoms with E-state index in [1.54, 1.807) is 0 Å². The molecule has 21 heavy (non-hydrogen) atoms. The van der Waals surface area contributed by atoms with Crippen LogP contribution in [0.2, 0.25) is 0 Å². The van der Waals surface area contributed by atoms with Gasteiger partial charge in [0.05, 0.1) is 0 Å². The molecule has 0 bridgehead atoms. The third kappa shape index (κ3) is 2.37. The van der Waals surface area contributed by atoms with Crippen LogP contribution < -0.4 is 0 Å². The smallest absolute Gasteiger partial charge is 0.374 e. The molecule has 1 aromatic heterocycles. The molecule has 0 saturated carbocycles. The summed E-state index contributed by atoms with van der Waals surface area (Å²) >= 11 is 0. The van der Waals surface area contributed by atoms with E-state index in [2.05, 4.69) is 4.98 Å². The average molecular weight is 303 g/mol. The minimum Gasteiger partial charge on any atom is -0.374 e. The summed E-state index contributed by atoms with van der Waals surface area (Å²) in [5, 5.41) is 10.3. The second-order valence-electron chi connectivity index (χ2n) is 4.39. The SMILES string of the molecule is OC(c1ccccc1)(c1cccnc1)C(F)(F)C(F)(F)F. The highest BCUT2D eigenvalue weighted by Gasteiger charge is 2.71. The van der Waals surface area contributed by atoms with E-state index in [1.807, 2.05) is 0 Å².